The first kappa shape index (κ1) is 17.1. The van der Waals surface area contributed by atoms with Crippen LogP contribution in [0.2, 0.25) is 0 Å². The van der Waals surface area contributed by atoms with Gasteiger partial charge >= 0.3 is 5.97 Å². The van der Waals surface area contributed by atoms with Gasteiger partial charge in [-0.15, -0.1) is 0 Å². The zero-order valence-electron chi connectivity index (χ0n) is 13.4. The van der Waals surface area contributed by atoms with E-state index in [1.807, 2.05) is 0 Å². The fourth-order valence-electron chi connectivity index (χ4n) is 2.20. The first-order valence-corrected chi connectivity index (χ1v) is 6.92. The van der Waals surface area contributed by atoms with Crippen LogP contribution in [0.4, 0.5) is 5.69 Å². The van der Waals surface area contributed by atoms with Crippen molar-refractivity contribution in [3.63, 3.8) is 0 Å². The van der Waals surface area contributed by atoms with E-state index in [4.69, 9.17) is 0 Å². The minimum Gasteiger partial charge on any atom is -0.465 e. The Labute approximate surface area is 137 Å². The quantitative estimate of drug-likeness (QED) is 0.465. The van der Waals surface area contributed by atoms with Gasteiger partial charge in [-0.3, -0.25) is 19.6 Å². The van der Waals surface area contributed by atoms with Crippen molar-refractivity contribution in [2.24, 2.45) is 7.05 Å². The molecule has 1 aromatic carbocycles. The standard InChI is InChI=1S/C15H16N4O5/c1-17(8-10-7-16-18(2)9-10)14(20)11-4-12(15(21)24-3)6-13(5-11)19(22)23/h4-7,9H,8H2,1-3H3. The molecule has 0 aliphatic carbocycles. The first-order chi connectivity index (χ1) is 11.3. The summed E-state index contributed by atoms with van der Waals surface area (Å²) in [5.41, 5.74) is 0.448. The van der Waals surface area contributed by atoms with Crippen LogP contribution in [-0.2, 0) is 18.3 Å². The number of amides is 1. The van der Waals surface area contributed by atoms with Crippen molar-refractivity contribution in [3.8, 4) is 0 Å². The topological polar surface area (TPSA) is 108 Å². The Hall–Kier alpha value is -3.23. The van der Waals surface area contributed by atoms with Gasteiger partial charge in [0.15, 0.2) is 0 Å². The van der Waals surface area contributed by atoms with Gasteiger partial charge in [0.25, 0.3) is 11.6 Å². The van der Waals surface area contributed by atoms with Crippen LogP contribution in [0, 0.1) is 10.1 Å². The summed E-state index contributed by atoms with van der Waals surface area (Å²) in [5, 5.41) is 15.0. The fourth-order valence-corrected chi connectivity index (χ4v) is 2.20. The van der Waals surface area contributed by atoms with Crippen LogP contribution in [0.3, 0.4) is 0 Å². The largest absolute Gasteiger partial charge is 0.465 e. The molecular formula is C15H16N4O5. The van der Waals surface area contributed by atoms with Crippen molar-refractivity contribution in [1.29, 1.82) is 0 Å². The van der Waals surface area contributed by atoms with Crippen LogP contribution in [0.1, 0.15) is 26.3 Å². The molecule has 9 nitrogen and oxygen atoms in total. The third kappa shape index (κ3) is 3.75. The molecule has 0 unspecified atom stereocenters. The van der Waals surface area contributed by atoms with E-state index in [0.717, 1.165) is 24.8 Å². The summed E-state index contributed by atoms with van der Waals surface area (Å²) in [6.07, 6.45) is 3.38. The summed E-state index contributed by atoms with van der Waals surface area (Å²) in [6, 6.07) is 3.49. The number of aryl methyl sites for hydroxylation is 1. The van der Waals surface area contributed by atoms with Crippen LogP contribution in [0.5, 0.6) is 0 Å². The number of nitro groups is 1. The molecule has 0 atom stereocenters. The van der Waals surface area contributed by atoms with Gasteiger partial charge in [0.2, 0.25) is 0 Å². The number of nitrogens with zero attached hydrogens (tertiary/aromatic N) is 4. The molecule has 24 heavy (non-hydrogen) atoms. The molecule has 0 aliphatic heterocycles. The average Bonchev–Trinajstić information content (AvgIpc) is 2.97. The number of non-ortho nitro benzene ring substituents is 1. The molecule has 0 fully saturated rings. The Morgan fingerprint density at radius 2 is 2.00 bits per heavy atom. The van der Waals surface area contributed by atoms with Crippen LogP contribution in [-0.4, -0.2) is 45.6 Å². The molecule has 0 aliphatic rings. The van der Waals surface area contributed by atoms with Crippen molar-refractivity contribution in [3.05, 3.63) is 57.4 Å². The average molecular weight is 332 g/mol. The molecule has 0 spiro atoms. The molecule has 1 amide bonds. The van der Waals surface area contributed by atoms with E-state index >= 15 is 0 Å². The van der Waals surface area contributed by atoms with Gasteiger partial charge in [-0.2, -0.15) is 5.10 Å². The third-order valence-electron chi connectivity index (χ3n) is 3.32. The van der Waals surface area contributed by atoms with Crippen molar-refractivity contribution >= 4 is 17.6 Å². The highest BCUT2D eigenvalue weighted by atomic mass is 16.6. The smallest absolute Gasteiger partial charge is 0.338 e. The Kier molecular flexibility index (Phi) is 4.93. The molecule has 2 rings (SSSR count). The summed E-state index contributed by atoms with van der Waals surface area (Å²) >= 11 is 0. The molecule has 0 saturated heterocycles. The summed E-state index contributed by atoms with van der Waals surface area (Å²) in [4.78, 5) is 35.9. The highest BCUT2D eigenvalue weighted by Crippen LogP contribution is 2.19. The van der Waals surface area contributed by atoms with Gasteiger partial charge in [-0.25, -0.2) is 4.79 Å². The highest BCUT2D eigenvalue weighted by Gasteiger charge is 2.20. The second-order valence-corrected chi connectivity index (χ2v) is 5.20. The van der Waals surface area contributed by atoms with Gasteiger partial charge < -0.3 is 9.64 Å². The second kappa shape index (κ2) is 6.90. The van der Waals surface area contributed by atoms with Crippen molar-refractivity contribution < 1.29 is 19.2 Å². The van der Waals surface area contributed by atoms with Crippen LogP contribution < -0.4 is 0 Å². The lowest BCUT2D eigenvalue weighted by Gasteiger charge is -2.16. The lowest BCUT2D eigenvalue weighted by atomic mass is 10.1. The maximum Gasteiger partial charge on any atom is 0.338 e. The number of rotatable bonds is 5. The minimum atomic E-state index is -0.748. The molecule has 0 N–H and O–H groups in total. The van der Waals surface area contributed by atoms with Crippen LogP contribution >= 0.6 is 0 Å². The number of methoxy groups -OCH3 is 1. The van der Waals surface area contributed by atoms with E-state index in [1.54, 1.807) is 31.2 Å². The van der Waals surface area contributed by atoms with E-state index in [0.29, 0.717) is 0 Å². The number of benzene rings is 1. The molecule has 126 valence electrons. The van der Waals surface area contributed by atoms with Gasteiger partial charge in [-0.1, -0.05) is 0 Å². The number of aromatic nitrogens is 2. The van der Waals surface area contributed by atoms with Crippen LogP contribution in [0.25, 0.3) is 0 Å². The van der Waals surface area contributed by atoms with Crippen molar-refractivity contribution in [1.82, 2.24) is 14.7 Å². The summed E-state index contributed by atoms with van der Waals surface area (Å²) < 4.78 is 6.17. The zero-order chi connectivity index (χ0) is 17.9. The molecule has 1 heterocycles. The second-order valence-electron chi connectivity index (χ2n) is 5.20. The molecule has 0 saturated carbocycles. The van der Waals surface area contributed by atoms with E-state index < -0.39 is 16.8 Å². The number of esters is 1. The number of carbonyl (C=O) groups excluding carboxylic acids is 2. The van der Waals surface area contributed by atoms with Gasteiger partial charge in [0.1, 0.15) is 0 Å². The molecular weight excluding hydrogens is 316 g/mol. The maximum absolute atomic E-state index is 12.5. The van der Waals surface area contributed by atoms with Crippen molar-refractivity contribution in [2.75, 3.05) is 14.2 Å². The zero-order valence-corrected chi connectivity index (χ0v) is 13.4. The third-order valence-corrected chi connectivity index (χ3v) is 3.32. The van der Waals surface area contributed by atoms with Crippen molar-refractivity contribution in [2.45, 2.75) is 6.54 Å². The summed E-state index contributed by atoms with van der Waals surface area (Å²) in [5.74, 6) is -1.20. The van der Waals surface area contributed by atoms with Gasteiger partial charge in [0.05, 0.1) is 23.8 Å². The highest BCUT2D eigenvalue weighted by molar-refractivity contribution is 5.98. The number of ether oxygens (including phenoxy) is 1. The minimum absolute atomic E-state index is 0.0380. The Bertz CT molecular complexity index is 799. The number of carbonyl (C=O) groups is 2. The van der Waals surface area contributed by atoms with Crippen LogP contribution in [0.15, 0.2) is 30.6 Å². The lowest BCUT2D eigenvalue weighted by Crippen LogP contribution is -2.26. The number of hydrogen-bond acceptors (Lipinski definition) is 6. The van der Waals surface area contributed by atoms with E-state index in [-0.39, 0.29) is 23.4 Å². The molecule has 1 aromatic heterocycles. The molecule has 9 heteroatoms. The first-order valence-electron chi connectivity index (χ1n) is 6.92. The number of nitro benzene ring substituents is 1. The molecule has 2 aromatic rings. The Morgan fingerprint density at radius 1 is 1.33 bits per heavy atom. The Morgan fingerprint density at radius 3 is 2.54 bits per heavy atom. The normalized spacial score (nSPS) is 10.3. The lowest BCUT2D eigenvalue weighted by molar-refractivity contribution is -0.384. The predicted molar refractivity (Wildman–Crippen MR) is 83.4 cm³/mol. The van der Waals surface area contributed by atoms with Gasteiger partial charge in [-0.05, 0) is 6.07 Å². The van der Waals surface area contributed by atoms with Gasteiger partial charge in [0, 0.05) is 50.1 Å². The fraction of sp³-hybridized carbons (Fsp3) is 0.267. The number of hydrogen-bond donors (Lipinski definition) is 0. The van der Waals surface area contributed by atoms with E-state index in [9.17, 15) is 19.7 Å². The maximum atomic E-state index is 12.5. The summed E-state index contributed by atoms with van der Waals surface area (Å²) in [7, 11) is 4.48. The van der Waals surface area contributed by atoms with E-state index in [1.165, 1.54) is 11.0 Å². The Balaban J connectivity index is 2.31. The summed E-state index contributed by atoms with van der Waals surface area (Å²) in [6.45, 7) is 0.281. The van der Waals surface area contributed by atoms with E-state index in [2.05, 4.69) is 9.84 Å². The molecule has 0 radical (unpaired) electrons. The molecule has 0 bridgehead atoms. The monoisotopic (exact) mass is 332 g/mol. The SMILES string of the molecule is COC(=O)c1cc(C(=O)N(C)Cc2cnn(C)c2)cc([N+](=O)[O-])c1. The predicted octanol–water partition coefficient (Wildman–Crippen LogP) is 1.39.